The molecular formula is C12H12BrClN4. The fraction of sp³-hybridized carbons (Fsp3) is 0.250. The van der Waals surface area contributed by atoms with E-state index >= 15 is 0 Å². The summed E-state index contributed by atoms with van der Waals surface area (Å²) in [7, 11) is 1.98. The summed E-state index contributed by atoms with van der Waals surface area (Å²) in [6.45, 7) is 0.843. The first-order chi connectivity index (χ1) is 8.66. The summed E-state index contributed by atoms with van der Waals surface area (Å²) >= 11 is 9.22. The van der Waals surface area contributed by atoms with E-state index in [1.165, 1.54) is 5.56 Å². The van der Waals surface area contributed by atoms with E-state index in [1.807, 2.05) is 24.1 Å². The Balaban J connectivity index is 2.03. The van der Waals surface area contributed by atoms with Crippen molar-refractivity contribution in [2.75, 3.05) is 18.5 Å². The van der Waals surface area contributed by atoms with E-state index in [0.717, 1.165) is 23.3 Å². The summed E-state index contributed by atoms with van der Waals surface area (Å²) in [5.41, 5.74) is 1.24. The van der Waals surface area contributed by atoms with Gasteiger partial charge < -0.3 is 4.90 Å². The van der Waals surface area contributed by atoms with Crippen LogP contribution >= 0.6 is 27.5 Å². The molecule has 0 radical (unpaired) electrons. The van der Waals surface area contributed by atoms with Crippen molar-refractivity contribution in [1.29, 1.82) is 0 Å². The Morgan fingerprint density at radius 3 is 2.78 bits per heavy atom. The molecule has 0 unspecified atom stereocenters. The lowest BCUT2D eigenvalue weighted by molar-refractivity contribution is 0.851. The lowest BCUT2D eigenvalue weighted by Gasteiger charge is -2.19. The molecule has 18 heavy (non-hydrogen) atoms. The van der Waals surface area contributed by atoms with Gasteiger partial charge in [0.15, 0.2) is 0 Å². The van der Waals surface area contributed by atoms with Crippen molar-refractivity contribution in [3.05, 3.63) is 46.0 Å². The van der Waals surface area contributed by atoms with Crippen molar-refractivity contribution in [3.63, 3.8) is 0 Å². The summed E-state index contributed by atoms with van der Waals surface area (Å²) in [4.78, 5) is 14.2. The second-order valence-corrected chi connectivity index (χ2v) is 5.03. The maximum atomic E-state index is 5.80. The first kappa shape index (κ1) is 13.2. The molecule has 2 aromatic rings. The Labute approximate surface area is 119 Å². The first-order valence-electron chi connectivity index (χ1n) is 5.45. The molecule has 0 bridgehead atoms. The molecule has 2 heterocycles. The molecule has 0 spiro atoms. The molecule has 0 aliphatic rings. The molecule has 0 amide bonds. The smallest absolute Gasteiger partial charge is 0.224 e. The first-order valence-corrected chi connectivity index (χ1v) is 6.62. The van der Waals surface area contributed by atoms with Gasteiger partial charge in [-0.15, -0.1) is 0 Å². The Kier molecular flexibility index (Phi) is 4.49. The zero-order valence-corrected chi connectivity index (χ0v) is 12.2. The van der Waals surface area contributed by atoms with Crippen molar-refractivity contribution in [3.8, 4) is 0 Å². The number of halogens is 2. The highest BCUT2D eigenvalue weighted by Crippen LogP contribution is 2.23. The molecule has 6 heteroatoms. The number of anilines is 1. The van der Waals surface area contributed by atoms with Crippen LogP contribution in [0.15, 0.2) is 35.2 Å². The van der Waals surface area contributed by atoms with Gasteiger partial charge in [-0.05, 0) is 51.6 Å². The summed E-state index contributed by atoms with van der Waals surface area (Å²) < 4.78 is 0.837. The van der Waals surface area contributed by atoms with Gasteiger partial charge in [0, 0.05) is 32.2 Å². The Morgan fingerprint density at radius 1 is 1.33 bits per heavy atom. The number of aromatic nitrogens is 3. The summed E-state index contributed by atoms with van der Waals surface area (Å²) in [6, 6.07) is 4.02. The highest BCUT2D eigenvalue weighted by atomic mass is 79.9. The summed E-state index contributed by atoms with van der Waals surface area (Å²) in [6.07, 6.45) is 6.18. The Morgan fingerprint density at radius 2 is 2.06 bits per heavy atom. The van der Waals surface area contributed by atoms with Crippen LogP contribution in [0.4, 0.5) is 5.82 Å². The second-order valence-electron chi connectivity index (χ2n) is 3.84. The number of likely N-dealkylation sites (N-methyl/N-ethyl adjacent to an activating group) is 1. The fourth-order valence-corrected chi connectivity index (χ4v) is 2.18. The van der Waals surface area contributed by atoms with Gasteiger partial charge >= 0.3 is 0 Å². The minimum atomic E-state index is 0.254. The minimum Gasteiger partial charge on any atom is -0.358 e. The van der Waals surface area contributed by atoms with Gasteiger partial charge in [-0.1, -0.05) is 0 Å². The highest BCUT2D eigenvalue weighted by Gasteiger charge is 2.09. The van der Waals surface area contributed by atoms with E-state index in [1.54, 1.807) is 18.6 Å². The normalized spacial score (nSPS) is 10.4. The van der Waals surface area contributed by atoms with E-state index in [-0.39, 0.29) is 5.28 Å². The molecule has 0 atom stereocenters. The molecular weight excluding hydrogens is 316 g/mol. The maximum Gasteiger partial charge on any atom is 0.224 e. The molecule has 0 aromatic carbocycles. The third-order valence-electron chi connectivity index (χ3n) is 2.54. The quantitative estimate of drug-likeness (QED) is 0.810. The molecule has 0 saturated heterocycles. The minimum absolute atomic E-state index is 0.254. The maximum absolute atomic E-state index is 5.80. The van der Waals surface area contributed by atoms with Gasteiger partial charge in [-0.25, -0.2) is 4.98 Å². The molecule has 0 N–H and O–H groups in total. The Bertz CT molecular complexity index is 521. The van der Waals surface area contributed by atoms with Gasteiger partial charge in [0.2, 0.25) is 5.28 Å². The SMILES string of the molecule is CN(CCc1ccncc1)c1nc(Cl)ncc1Br. The summed E-state index contributed by atoms with van der Waals surface area (Å²) in [5.74, 6) is 0.795. The van der Waals surface area contributed by atoms with Crippen molar-refractivity contribution >= 4 is 33.3 Å². The van der Waals surface area contributed by atoms with Gasteiger partial charge in [-0.3, -0.25) is 4.98 Å². The van der Waals surface area contributed by atoms with Gasteiger partial charge in [-0.2, -0.15) is 4.98 Å². The zero-order valence-electron chi connectivity index (χ0n) is 9.85. The van der Waals surface area contributed by atoms with E-state index in [4.69, 9.17) is 11.6 Å². The molecule has 94 valence electrons. The molecule has 0 fully saturated rings. The van der Waals surface area contributed by atoms with Crippen molar-refractivity contribution in [1.82, 2.24) is 15.0 Å². The van der Waals surface area contributed by atoms with E-state index in [2.05, 4.69) is 30.9 Å². The monoisotopic (exact) mass is 326 g/mol. The molecule has 0 aliphatic heterocycles. The van der Waals surface area contributed by atoms with Crippen molar-refractivity contribution < 1.29 is 0 Å². The van der Waals surface area contributed by atoms with Crippen LogP contribution in [-0.2, 0) is 6.42 Å². The van der Waals surface area contributed by atoms with Crippen LogP contribution in [0.3, 0.4) is 0 Å². The summed E-state index contributed by atoms with van der Waals surface area (Å²) in [5, 5.41) is 0.254. The van der Waals surface area contributed by atoms with Gasteiger partial charge in [0.1, 0.15) is 5.82 Å². The molecule has 0 aliphatic carbocycles. The average Bonchev–Trinajstić information content (AvgIpc) is 2.40. The molecule has 2 aromatic heterocycles. The van der Waals surface area contributed by atoms with Crippen molar-refractivity contribution in [2.45, 2.75) is 6.42 Å². The number of pyridine rings is 1. The van der Waals surface area contributed by atoms with Gasteiger partial charge in [0.25, 0.3) is 0 Å². The van der Waals surface area contributed by atoms with E-state index in [0.29, 0.717) is 0 Å². The standard InChI is InChI=1S/C12H12BrClN4/c1-18(7-4-9-2-5-15-6-3-9)11-10(13)8-16-12(14)17-11/h2-3,5-6,8H,4,7H2,1H3. The van der Waals surface area contributed by atoms with Crippen LogP contribution in [0.5, 0.6) is 0 Å². The largest absolute Gasteiger partial charge is 0.358 e. The topological polar surface area (TPSA) is 41.9 Å². The molecule has 0 saturated carbocycles. The molecule has 2 rings (SSSR count). The predicted octanol–water partition coefficient (Wildman–Crippen LogP) is 2.97. The Hall–Kier alpha value is -1.20. The lowest BCUT2D eigenvalue weighted by atomic mass is 10.2. The van der Waals surface area contributed by atoms with Crippen LogP contribution in [0, 0.1) is 0 Å². The van der Waals surface area contributed by atoms with Crippen LogP contribution in [0.1, 0.15) is 5.56 Å². The lowest BCUT2D eigenvalue weighted by Crippen LogP contribution is -2.22. The van der Waals surface area contributed by atoms with Crippen molar-refractivity contribution in [2.24, 2.45) is 0 Å². The average molecular weight is 328 g/mol. The molecule has 4 nitrogen and oxygen atoms in total. The van der Waals surface area contributed by atoms with Crippen LogP contribution < -0.4 is 4.90 Å². The van der Waals surface area contributed by atoms with Crippen LogP contribution in [0.2, 0.25) is 5.28 Å². The third-order valence-corrected chi connectivity index (χ3v) is 3.28. The van der Waals surface area contributed by atoms with Crippen LogP contribution in [-0.4, -0.2) is 28.5 Å². The van der Waals surface area contributed by atoms with E-state index in [9.17, 15) is 0 Å². The number of nitrogens with zero attached hydrogens (tertiary/aromatic N) is 4. The second kappa shape index (κ2) is 6.11. The highest BCUT2D eigenvalue weighted by molar-refractivity contribution is 9.10. The number of hydrogen-bond donors (Lipinski definition) is 0. The number of hydrogen-bond acceptors (Lipinski definition) is 4. The van der Waals surface area contributed by atoms with Crippen LogP contribution in [0.25, 0.3) is 0 Å². The van der Waals surface area contributed by atoms with Gasteiger partial charge in [0.05, 0.1) is 4.47 Å². The zero-order chi connectivity index (χ0) is 13.0. The number of rotatable bonds is 4. The fourth-order valence-electron chi connectivity index (χ4n) is 1.56. The predicted molar refractivity (Wildman–Crippen MR) is 76.0 cm³/mol. The van der Waals surface area contributed by atoms with E-state index < -0.39 is 0 Å². The third kappa shape index (κ3) is 3.40.